The van der Waals surface area contributed by atoms with Gasteiger partial charge in [0, 0.05) is 18.0 Å². The summed E-state index contributed by atoms with van der Waals surface area (Å²) in [7, 11) is 0. The zero-order valence-corrected chi connectivity index (χ0v) is 13.6. The van der Waals surface area contributed by atoms with E-state index in [0.717, 1.165) is 29.7 Å². The van der Waals surface area contributed by atoms with Crippen LogP contribution in [0.2, 0.25) is 0 Å². The average Bonchev–Trinajstić information content (AvgIpc) is 3.11. The third kappa shape index (κ3) is 3.65. The maximum atomic E-state index is 12.0. The maximum absolute atomic E-state index is 12.0. The number of urea groups is 1. The van der Waals surface area contributed by atoms with Crippen LogP contribution in [-0.4, -0.2) is 42.5 Å². The Labute approximate surface area is 133 Å². The molecule has 22 heavy (non-hydrogen) atoms. The van der Waals surface area contributed by atoms with E-state index in [1.807, 2.05) is 13.0 Å². The van der Waals surface area contributed by atoms with Crippen molar-refractivity contribution in [3.63, 3.8) is 0 Å². The molecule has 1 aromatic heterocycles. The lowest BCUT2D eigenvalue weighted by Crippen LogP contribution is -2.37. The Morgan fingerprint density at radius 1 is 1.41 bits per heavy atom. The first kappa shape index (κ1) is 16.5. The van der Waals surface area contributed by atoms with E-state index in [1.54, 1.807) is 0 Å². The number of amides is 3. The van der Waals surface area contributed by atoms with Crippen molar-refractivity contribution in [2.75, 3.05) is 19.7 Å². The number of hydrogen-bond acceptors (Lipinski definition) is 5. The smallest absolute Gasteiger partial charge is 0.348 e. The zero-order valence-electron chi connectivity index (χ0n) is 12.8. The monoisotopic (exact) mass is 324 g/mol. The van der Waals surface area contributed by atoms with E-state index in [2.05, 4.69) is 12.2 Å². The van der Waals surface area contributed by atoms with E-state index >= 15 is 0 Å². The molecule has 6 nitrogen and oxygen atoms in total. The summed E-state index contributed by atoms with van der Waals surface area (Å²) in [4.78, 5) is 38.0. The molecule has 3 amide bonds. The molecule has 1 saturated heterocycles. The first-order valence-electron chi connectivity index (χ1n) is 7.43. The Hall–Kier alpha value is -1.89. The third-order valence-electron chi connectivity index (χ3n) is 3.44. The minimum atomic E-state index is -0.505. The first-order chi connectivity index (χ1) is 10.6. The molecule has 0 unspecified atom stereocenters. The van der Waals surface area contributed by atoms with Gasteiger partial charge < -0.3 is 10.1 Å². The van der Waals surface area contributed by atoms with E-state index in [0.29, 0.717) is 18.0 Å². The van der Waals surface area contributed by atoms with Gasteiger partial charge in [0.2, 0.25) is 0 Å². The van der Waals surface area contributed by atoms with E-state index in [4.69, 9.17) is 4.74 Å². The van der Waals surface area contributed by atoms with Gasteiger partial charge in [0.1, 0.15) is 4.88 Å². The number of ether oxygens (including phenoxy) is 1. The zero-order chi connectivity index (χ0) is 16.1. The maximum Gasteiger partial charge on any atom is 0.348 e. The predicted octanol–water partition coefficient (Wildman–Crippen LogP) is 1.97. The molecule has 1 aromatic rings. The molecule has 1 N–H and O–H groups in total. The molecule has 7 heteroatoms. The second-order valence-electron chi connectivity index (χ2n) is 5.02. The quantitative estimate of drug-likeness (QED) is 0.812. The minimum Gasteiger partial charge on any atom is -0.451 e. The fraction of sp³-hybridized carbons (Fsp3) is 0.533. The van der Waals surface area contributed by atoms with Crippen molar-refractivity contribution < 1.29 is 19.1 Å². The number of imide groups is 1. The summed E-state index contributed by atoms with van der Waals surface area (Å²) in [6.07, 6.45) is 2.82. The van der Waals surface area contributed by atoms with E-state index in [-0.39, 0.29) is 0 Å². The van der Waals surface area contributed by atoms with Crippen molar-refractivity contribution in [1.29, 1.82) is 0 Å². The summed E-state index contributed by atoms with van der Waals surface area (Å²) >= 11 is 1.42. The lowest BCUT2D eigenvalue weighted by Gasteiger charge is -2.11. The van der Waals surface area contributed by atoms with Crippen LogP contribution in [0.15, 0.2) is 6.07 Å². The molecule has 1 aliphatic rings. The van der Waals surface area contributed by atoms with Gasteiger partial charge in [0.25, 0.3) is 5.91 Å². The molecule has 0 atom stereocenters. The van der Waals surface area contributed by atoms with E-state index in [9.17, 15) is 14.4 Å². The fourth-order valence-electron chi connectivity index (χ4n) is 2.29. The number of carbonyl (C=O) groups is 3. The molecule has 0 bridgehead atoms. The third-order valence-corrected chi connectivity index (χ3v) is 4.66. The Bertz CT molecular complexity index is 582. The van der Waals surface area contributed by atoms with E-state index in [1.165, 1.54) is 16.2 Å². The van der Waals surface area contributed by atoms with Crippen LogP contribution in [0.3, 0.4) is 0 Å². The second kappa shape index (κ2) is 7.40. The molecule has 2 heterocycles. The van der Waals surface area contributed by atoms with Crippen LogP contribution < -0.4 is 5.32 Å². The topological polar surface area (TPSA) is 75.7 Å². The van der Waals surface area contributed by atoms with Gasteiger partial charge in [-0.15, -0.1) is 11.3 Å². The Kier molecular flexibility index (Phi) is 5.54. The number of aryl methyl sites for hydroxylation is 2. The van der Waals surface area contributed by atoms with Crippen molar-refractivity contribution in [3.8, 4) is 0 Å². The van der Waals surface area contributed by atoms with Gasteiger partial charge in [0.15, 0.2) is 6.61 Å². The molecule has 1 fully saturated rings. The number of thiophene rings is 1. The summed E-state index contributed by atoms with van der Waals surface area (Å²) in [6.45, 7) is 4.48. The summed E-state index contributed by atoms with van der Waals surface area (Å²) in [5.41, 5.74) is 1.16. The van der Waals surface area contributed by atoms with Crippen LogP contribution in [0.4, 0.5) is 4.79 Å². The molecule has 120 valence electrons. The molecule has 1 aliphatic heterocycles. The van der Waals surface area contributed by atoms with Crippen LogP contribution in [0.1, 0.15) is 40.4 Å². The lowest BCUT2D eigenvalue weighted by atomic mass is 10.1. The van der Waals surface area contributed by atoms with Gasteiger partial charge in [-0.05, 0) is 24.5 Å². The SMILES string of the molecule is CCCc1sc(C(=O)OCC(=O)N2CCNC2=O)cc1CC. The first-order valence-corrected chi connectivity index (χ1v) is 8.25. The van der Waals surface area contributed by atoms with Crippen LogP contribution in [-0.2, 0) is 22.4 Å². The molecule has 0 saturated carbocycles. The molecule has 2 rings (SSSR count). The highest BCUT2D eigenvalue weighted by atomic mass is 32.1. The number of esters is 1. The number of nitrogens with zero attached hydrogens (tertiary/aromatic N) is 1. The van der Waals surface area contributed by atoms with Gasteiger partial charge >= 0.3 is 12.0 Å². The fourth-order valence-corrected chi connectivity index (χ4v) is 3.54. The lowest BCUT2D eigenvalue weighted by molar-refractivity contribution is -0.130. The normalized spacial score (nSPS) is 14.1. The molecule has 0 radical (unpaired) electrons. The number of nitrogens with one attached hydrogen (secondary N) is 1. The van der Waals surface area contributed by atoms with Crippen LogP contribution >= 0.6 is 11.3 Å². The van der Waals surface area contributed by atoms with Gasteiger partial charge in [-0.25, -0.2) is 9.59 Å². The predicted molar refractivity (Wildman–Crippen MR) is 83.1 cm³/mol. The largest absolute Gasteiger partial charge is 0.451 e. The number of carbonyl (C=O) groups excluding carboxylic acids is 3. The van der Waals surface area contributed by atoms with Crippen LogP contribution in [0.5, 0.6) is 0 Å². The van der Waals surface area contributed by atoms with Gasteiger partial charge in [-0.3, -0.25) is 9.69 Å². The van der Waals surface area contributed by atoms with E-state index < -0.39 is 24.5 Å². The Balaban J connectivity index is 1.94. The molecule has 0 aliphatic carbocycles. The molecule has 0 spiro atoms. The minimum absolute atomic E-state index is 0.314. The van der Waals surface area contributed by atoms with Crippen LogP contribution in [0, 0.1) is 0 Å². The Morgan fingerprint density at radius 2 is 2.18 bits per heavy atom. The average molecular weight is 324 g/mol. The van der Waals surface area contributed by atoms with Gasteiger partial charge in [0.05, 0.1) is 0 Å². The standard InChI is InChI=1S/C15H20N2O4S/c1-3-5-11-10(4-2)8-12(22-11)14(19)21-9-13(18)17-7-6-16-15(17)20/h8H,3-7,9H2,1-2H3,(H,16,20). The van der Waals surface area contributed by atoms with Crippen molar-refractivity contribution in [1.82, 2.24) is 10.2 Å². The van der Waals surface area contributed by atoms with Gasteiger partial charge in [-0.2, -0.15) is 0 Å². The summed E-state index contributed by atoms with van der Waals surface area (Å²) in [5, 5.41) is 2.53. The summed E-state index contributed by atoms with van der Waals surface area (Å²) in [5.74, 6) is -1.00. The second-order valence-corrected chi connectivity index (χ2v) is 6.15. The van der Waals surface area contributed by atoms with Crippen molar-refractivity contribution >= 4 is 29.2 Å². The van der Waals surface area contributed by atoms with Crippen molar-refractivity contribution in [3.05, 3.63) is 21.4 Å². The highest BCUT2D eigenvalue weighted by Crippen LogP contribution is 2.25. The van der Waals surface area contributed by atoms with Crippen molar-refractivity contribution in [2.24, 2.45) is 0 Å². The van der Waals surface area contributed by atoms with Gasteiger partial charge in [-0.1, -0.05) is 20.3 Å². The highest BCUT2D eigenvalue weighted by Gasteiger charge is 2.27. The molecular formula is C15H20N2O4S. The highest BCUT2D eigenvalue weighted by molar-refractivity contribution is 7.14. The van der Waals surface area contributed by atoms with Crippen molar-refractivity contribution in [2.45, 2.75) is 33.1 Å². The summed E-state index contributed by atoms with van der Waals surface area (Å²) < 4.78 is 5.04. The summed E-state index contributed by atoms with van der Waals surface area (Å²) in [6, 6.07) is 1.40. The number of rotatable bonds is 6. The molecule has 0 aromatic carbocycles. The number of hydrogen-bond donors (Lipinski definition) is 1. The van der Waals surface area contributed by atoms with Crippen LogP contribution in [0.25, 0.3) is 0 Å². The Morgan fingerprint density at radius 3 is 2.77 bits per heavy atom. The molecular weight excluding hydrogens is 304 g/mol.